The van der Waals surface area contributed by atoms with E-state index in [2.05, 4.69) is 17.1 Å². The van der Waals surface area contributed by atoms with Crippen LogP contribution in [0.5, 0.6) is 0 Å². The molecule has 0 amide bonds. The van der Waals surface area contributed by atoms with Gasteiger partial charge in [0, 0.05) is 0 Å². The van der Waals surface area contributed by atoms with Gasteiger partial charge in [-0.05, 0) is 0 Å². The predicted molar refractivity (Wildman–Crippen MR) is 41.5 cm³/mol. The van der Waals surface area contributed by atoms with Crippen molar-refractivity contribution in [3.63, 3.8) is 0 Å². The molecule has 1 nitrogen and oxygen atoms in total. The molecule has 1 aromatic rings. The molecule has 0 bridgehead atoms. The molecule has 0 saturated carbocycles. The first-order valence-corrected chi connectivity index (χ1v) is 5.05. The van der Waals surface area contributed by atoms with E-state index in [0.29, 0.717) is 0 Å². The van der Waals surface area contributed by atoms with Crippen molar-refractivity contribution in [1.82, 2.24) is 0 Å². The third-order valence-corrected chi connectivity index (χ3v) is 2.42. The Morgan fingerprint density at radius 3 is 2.60 bits per heavy atom. The van der Waals surface area contributed by atoms with Crippen LogP contribution in [0.4, 0.5) is 0 Å². The molecule has 0 aliphatic rings. The van der Waals surface area contributed by atoms with Crippen LogP contribution in [-0.4, -0.2) is 15.0 Å². The molecule has 1 rings (SSSR count). The van der Waals surface area contributed by atoms with Gasteiger partial charge in [0.1, 0.15) is 0 Å². The van der Waals surface area contributed by atoms with Crippen molar-refractivity contribution >= 4 is 15.0 Å². The van der Waals surface area contributed by atoms with Gasteiger partial charge < -0.3 is 0 Å². The quantitative estimate of drug-likeness (QED) is 0.655. The average Bonchev–Trinajstić information content (AvgIpc) is 2.03. The molecular formula is C8H7NSe. The predicted octanol–water partition coefficient (Wildman–Crippen LogP) is 1.37. The fourth-order valence-corrected chi connectivity index (χ4v) is 1.58. The number of rotatable bonds is 2. The maximum atomic E-state index is 8.31. The summed E-state index contributed by atoms with van der Waals surface area (Å²) in [4.78, 5) is 2.18. The van der Waals surface area contributed by atoms with Gasteiger partial charge in [0.25, 0.3) is 0 Å². The van der Waals surface area contributed by atoms with Crippen LogP contribution in [0.15, 0.2) is 30.3 Å². The van der Waals surface area contributed by atoms with Crippen LogP contribution < -0.4 is 0 Å². The van der Waals surface area contributed by atoms with Gasteiger partial charge in [-0.15, -0.1) is 0 Å². The van der Waals surface area contributed by atoms with E-state index in [-0.39, 0.29) is 15.0 Å². The topological polar surface area (TPSA) is 23.8 Å². The average molecular weight is 196 g/mol. The van der Waals surface area contributed by atoms with Crippen LogP contribution in [0, 0.1) is 10.2 Å². The molecule has 2 heteroatoms. The molecule has 10 heavy (non-hydrogen) atoms. The van der Waals surface area contributed by atoms with Gasteiger partial charge in [-0.25, -0.2) is 0 Å². The summed E-state index contributed by atoms with van der Waals surface area (Å²) in [7, 11) is 0. The number of hydrogen-bond acceptors (Lipinski definition) is 1. The molecule has 0 aliphatic heterocycles. The summed E-state index contributed by atoms with van der Waals surface area (Å²) in [6, 6.07) is 10.1. The summed E-state index contributed by atoms with van der Waals surface area (Å²) < 4.78 is 0. The van der Waals surface area contributed by atoms with Crippen molar-refractivity contribution in [1.29, 1.82) is 5.26 Å². The van der Waals surface area contributed by atoms with Crippen molar-refractivity contribution in [2.45, 2.75) is 5.32 Å². The van der Waals surface area contributed by atoms with Crippen LogP contribution in [0.3, 0.4) is 0 Å². The molecule has 0 heterocycles. The molecule has 0 unspecified atom stereocenters. The molecular weight excluding hydrogens is 189 g/mol. The Hall–Kier alpha value is -0.771. The van der Waals surface area contributed by atoms with E-state index in [4.69, 9.17) is 5.26 Å². The summed E-state index contributed by atoms with van der Waals surface area (Å²) >= 11 is 0.126. The fourth-order valence-electron chi connectivity index (χ4n) is 0.690. The molecule has 0 N–H and O–H groups in total. The van der Waals surface area contributed by atoms with E-state index in [0.717, 1.165) is 5.32 Å². The molecule has 0 saturated heterocycles. The van der Waals surface area contributed by atoms with E-state index in [1.807, 2.05) is 18.2 Å². The zero-order chi connectivity index (χ0) is 7.23. The molecule has 0 atom stereocenters. The zero-order valence-electron chi connectivity index (χ0n) is 5.45. The van der Waals surface area contributed by atoms with E-state index in [1.165, 1.54) is 5.56 Å². The fraction of sp³-hybridized carbons (Fsp3) is 0.125. The maximum absolute atomic E-state index is 8.31. The zero-order valence-corrected chi connectivity index (χ0v) is 7.16. The first-order chi connectivity index (χ1) is 4.93. The van der Waals surface area contributed by atoms with Gasteiger partial charge in [-0.1, -0.05) is 0 Å². The molecule has 50 valence electrons. The number of nitrogens with zero attached hydrogens (tertiary/aromatic N) is 1. The van der Waals surface area contributed by atoms with Gasteiger partial charge in [0.2, 0.25) is 0 Å². The molecule has 1 aromatic carbocycles. The Bertz CT molecular complexity index is 225. The van der Waals surface area contributed by atoms with E-state index in [1.54, 1.807) is 0 Å². The minimum absolute atomic E-state index is 0.126. The molecule has 0 fully saturated rings. The second kappa shape index (κ2) is 4.11. The Kier molecular flexibility index (Phi) is 3.02. The monoisotopic (exact) mass is 197 g/mol. The number of hydrogen-bond donors (Lipinski definition) is 0. The van der Waals surface area contributed by atoms with Crippen LogP contribution in [0.25, 0.3) is 0 Å². The van der Waals surface area contributed by atoms with Crippen molar-refractivity contribution in [3.8, 4) is 4.97 Å². The minimum atomic E-state index is 0.126. The Morgan fingerprint density at radius 1 is 1.30 bits per heavy atom. The Balaban J connectivity index is 2.52. The Labute approximate surface area is 66.8 Å². The van der Waals surface area contributed by atoms with Crippen LogP contribution in [0.1, 0.15) is 5.56 Å². The third-order valence-electron chi connectivity index (χ3n) is 1.15. The van der Waals surface area contributed by atoms with Crippen LogP contribution in [0.2, 0.25) is 0 Å². The van der Waals surface area contributed by atoms with Gasteiger partial charge in [-0.3, -0.25) is 0 Å². The van der Waals surface area contributed by atoms with Gasteiger partial charge >= 0.3 is 66.4 Å². The first kappa shape index (κ1) is 7.34. The van der Waals surface area contributed by atoms with Crippen LogP contribution in [-0.2, 0) is 5.32 Å². The second-order valence-electron chi connectivity index (χ2n) is 1.87. The van der Waals surface area contributed by atoms with Crippen molar-refractivity contribution < 1.29 is 0 Å². The summed E-state index contributed by atoms with van der Waals surface area (Å²) in [6.45, 7) is 0. The van der Waals surface area contributed by atoms with Gasteiger partial charge in [0.05, 0.1) is 0 Å². The standard InChI is InChI=1S/C8H7NSe/c9-7-10-6-8-4-2-1-3-5-8/h1-5H,6H2. The SMILES string of the molecule is N#C[Se]Cc1ccccc1. The third kappa shape index (κ3) is 2.22. The van der Waals surface area contributed by atoms with Crippen molar-refractivity contribution in [2.75, 3.05) is 0 Å². The molecule has 0 aliphatic carbocycles. The molecule has 0 aromatic heterocycles. The van der Waals surface area contributed by atoms with Gasteiger partial charge in [0.15, 0.2) is 0 Å². The normalized spacial score (nSPS) is 8.70. The number of benzene rings is 1. The first-order valence-electron chi connectivity index (χ1n) is 2.98. The summed E-state index contributed by atoms with van der Waals surface area (Å²) in [5.74, 6) is 0. The van der Waals surface area contributed by atoms with E-state index in [9.17, 15) is 0 Å². The summed E-state index contributed by atoms with van der Waals surface area (Å²) in [5, 5.41) is 9.24. The van der Waals surface area contributed by atoms with Crippen molar-refractivity contribution in [3.05, 3.63) is 35.9 Å². The van der Waals surface area contributed by atoms with E-state index < -0.39 is 0 Å². The van der Waals surface area contributed by atoms with E-state index >= 15 is 0 Å². The Morgan fingerprint density at radius 2 is 2.00 bits per heavy atom. The summed E-state index contributed by atoms with van der Waals surface area (Å²) in [6.07, 6.45) is 0. The van der Waals surface area contributed by atoms with Crippen LogP contribution >= 0.6 is 0 Å². The van der Waals surface area contributed by atoms with Crippen molar-refractivity contribution in [2.24, 2.45) is 0 Å². The summed E-state index contributed by atoms with van der Waals surface area (Å²) in [5.41, 5.74) is 1.27. The number of nitriles is 1. The second-order valence-corrected chi connectivity index (χ2v) is 3.46. The molecule has 0 spiro atoms. The molecule has 0 radical (unpaired) electrons. The van der Waals surface area contributed by atoms with Gasteiger partial charge in [-0.2, -0.15) is 0 Å².